The first-order chi connectivity index (χ1) is 15.6. The summed E-state index contributed by atoms with van der Waals surface area (Å²) in [5.74, 6) is 1.05. The van der Waals surface area contributed by atoms with Crippen molar-refractivity contribution < 1.29 is 39.8 Å². The van der Waals surface area contributed by atoms with Crippen LogP contribution in [0.4, 0.5) is 0 Å². The Kier molecular flexibility index (Phi) is 6.11. The second kappa shape index (κ2) is 8.42. The van der Waals surface area contributed by atoms with Gasteiger partial charge in [-0.1, -0.05) is 13.8 Å². The van der Waals surface area contributed by atoms with Gasteiger partial charge in [0.15, 0.2) is 12.4 Å². The molecule has 0 spiro atoms. The number of ether oxygens (including phenoxy) is 2. The van der Waals surface area contributed by atoms with Gasteiger partial charge in [-0.25, -0.2) is 4.79 Å². The van der Waals surface area contributed by atoms with Crippen LogP contribution < -0.4 is 0 Å². The molecule has 0 aromatic rings. The fraction of sp³-hybridized carbons (Fsp3) is 0.960. The number of fused-ring (bicyclic) bond motifs is 5. The molecular weight excluding hydrogens is 428 g/mol. The van der Waals surface area contributed by atoms with Gasteiger partial charge >= 0.3 is 5.97 Å². The highest BCUT2D eigenvalue weighted by molar-refractivity contribution is 5.73. The number of aliphatic carboxylic acids is 1. The number of carboxylic acid groups (broad SMARTS) is 1. The first-order valence-corrected chi connectivity index (χ1v) is 12.8. The van der Waals surface area contributed by atoms with Crippen molar-refractivity contribution >= 4 is 5.97 Å². The lowest BCUT2D eigenvalue weighted by atomic mass is 9.45. The lowest BCUT2D eigenvalue weighted by Gasteiger charge is -2.61. The average Bonchev–Trinajstić information content (AvgIpc) is 3.08. The number of aliphatic hydroxyl groups is 4. The monoisotopic (exact) mass is 468 g/mol. The average molecular weight is 469 g/mol. The molecule has 1 heterocycles. The molecule has 8 heteroatoms. The zero-order chi connectivity index (χ0) is 23.7. The topological polar surface area (TPSA) is 137 Å². The molecule has 5 rings (SSSR count). The van der Waals surface area contributed by atoms with Crippen LogP contribution in [0.5, 0.6) is 0 Å². The summed E-state index contributed by atoms with van der Waals surface area (Å²) in [6.07, 6.45) is 1.19. The maximum atomic E-state index is 11.4. The van der Waals surface area contributed by atoms with Crippen LogP contribution in [0.25, 0.3) is 0 Å². The first kappa shape index (κ1) is 23.9. The second-order valence-corrected chi connectivity index (χ2v) is 12.1. The molecule has 33 heavy (non-hydrogen) atoms. The van der Waals surface area contributed by atoms with Gasteiger partial charge in [0.2, 0.25) is 0 Å². The highest BCUT2D eigenvalue weighted by Crippen LogP contribution is 2.66. The van der Waals surface area contributed by atoms with E-state index in [2.05, 4.69) is 13.8 Å². The summed E-state index contributed by atoms with van der Waals surface area (Å²) < 4.78 is 11.4. The minimum atomic E-state index is -1.70. The van der Waals surface area contributed by atoms with Gasteiger partial charge in [0, 0.05) is 0 Å². The van der Waals surface area contributed by atoms with Crippen LogP contribution >= 0.6 is 0 Å². The van der Waals surface area contributed by atoms with Crippen LogP contribution in [0.15, 0.2) is 0 Å². The molecule has 5 fully saturated rings. The van der Waals surface area contributed by atoms with E-state index in [-0.39, 0.29) is 23.0 Å². The van der Waals surface area contributed by atoms with Crippen molar-refractivity contribution in [3.05, 3.63) is 0 Å². The predicted octanol–water partition coefficient (Wildman–Crippen LogP) is 1.67. The summed E-state index contributed by atoms with van der Waals surface area (Å²) in [5.41, 5.74) is 0.300. The Morgan fingerprint density at radius 3 is 2.27 bits per heavy atom. The van der Waals surface area contributed by atoms with Crippen molar-refractivity contribution in [3.8, 4) is 0 Å². The number of hydrogen-bond donors (Lipinski definition) is 5. The highest BCUT2D eigenvalue weighted by atomic mass is 16.7. The van der Waals surface area contributed by atoms with E-state index in [1.807, 2.05) is 0 Å². The zero-order valence-corrected chi connectivity index (χ0v) is 19.7. The summed E-state index contributed by atoms with van der Waals surface area (Å²) in [6.45, 7) is 4.74. The van der Waals surface area contributed by atoms with Crippen LogP contribution in [0.2, 0.25) is 0 Å². The quantitative estimate of drug-likeness (QED) is 0.395. The van der Waals surface area contributed by atoms with Crippen molar-refractivity contribution in [1.82, 2.24) is 0 Å². The van der Waals surface area contributed by atoms with E-state index in [1.54, 1.807) is 0 Å². The van der Waals surface area contributed by atoms with Gasteiger partial charge in [-0.2, -0.15) is 0 Å². The van der Waals surface area contributed by atoms with Crippen LogP contribution in [0.3, 0.4) is 0 Å². The molecule has 5 aliphatic rings. The molecule has 1 saturated heterocycles. The van der Waals surface area contributed by atoms with Gasteiger partial charge in [0.05, 0.1) is 12.2 Å². The molecule has 4 aliphatic carbocycles. The minimum absolute atomic E-state index is 0.0746. The summed E-state index contributed by atoms with van der Waals surface area (Å²) in [5, 5.41) is 50.3. The van der Waals surface area contributed by atoms with Crippen LogP contribution in [0, 0.1) is 34.5 Å². The Bertz CT molecular complexity index is 761. The van der Waals surface area contributed by atoms with E-state index in [1.165, 1.54) is 12.8 Å². The van der Waals surface area contributed by atoms with Gasteiger partial charge < -0.3 is 35.0 Å². The molecule has 0 radical (unpaired) electrons. The van der Waals surface area contributed by atoms with Crippen molar-refractivity contribution in [2.45, 2.75) is 115 Å². The van der Waals surface area contributed by atoms with E-state index < -0.39 is 36.7 Å². The van der Waals surface area contributed by atoms with Gasteiger partial charge in [0.1, 0.15) is 18.3 Å². The Hall–Kier alpha value is -0.770. The number of carboxylic acids is 1. The highest BCUT2D eigenvalue weighted by Gasteiger charge is 2.60. The van der Waals surface area contributed by atoms with Gasteiger partial charge in [-0.05, 0) is 92.3 Å². The number of rotatable bonds is 3. The van der Waals surface area contributed by atoms with Gasteiger partial charge in [-0.3, -0.25) is 0 Å². The molecule has 0 aromatic heterocycles. The van der Waals surface area contributed by atoms with Gasteiger partial charge in [0.25, 0.3) is 0 Å². The molecule has 4 saturated carbocycles. The SMILES string of the molecule is C[C@]12CC[C@H](OC3O[C@H](C(=O)O)[C@@H](O)[C@H](O)[C@H]3O)CC1CCC1C2CC[C@@]2(C)C1CC[C@@H]2O. The summed E-state index contributed by atoms with van der Waals surface area (Å²) >= 11 is 0. The third-order valence-corrected chi connectivity index (χ3v) is 10.7. The smallest absolute Gasteiger partial charge is 0.335 e. The minimum Gasteiger partial charge on any atom is -0.479 e. The summed E-state index contributed by atoms with van der Waals surface area (Å²) in [6, 6.07) is 0. The van der Waals surface area contributed by atoms with Crippen LogP contribution in [-0.2, 0) is 14.3 Å². The van der Waals surface area contributed by atoms with Crippen molar-refractivity contribution in [2.75, 3.05) is 0 Å². The van der Waals surface area contributed by atoms with Gasteiger partial charge in [-0.15, -0.1) is 0 Å². The predicted molar refractivity (Wildman–Crippen MR) is 117 cm³/mol. The van der Waals surface area contributed by atoms with Crippen LogP contribution in [0.1, 0.15) is 71.6 Å². The zero-order valence-electron chi connectivity index (χ0n) is 19.7. The largest absolute Gasteiger partial charge is 0.479 e. The van der Waals surface area contributed by atoms with E-state index in [0.717, 1.165) is 44.9 Å². The summed E-state index contributed by atoms with van der Waals surface area (Å²) in [4.78, 5) is 11.4. The Morgan fingerprint density at radius 2 is 1.55 bits per heavy atom. The standard InChI is InChI=1S/C25H40O8/c1-24-9-7-13(32-23-20(29)18(27)19(28)21(33-23)22(30)31)11-12(24)3-4-14-15-5-6-17(26)25(15,2)10-8-16(14)24/h12-21,23,26-29H,3-11H2,1-2H3,(H,30,31)/t12?,13-,14?,15?,16?,17-,18-,19-,20+,21-,23?,24-,25-/m0/s1. The second-order valence-electron chi connectivity index (χ2n) is 12.1. The fourth-order valence-corrected chi connectivity index (χ4v) is 8.67. The molecule has 0 amide bonds. The van der Waals surface area contributed by atoms with Crippen LogP contribution in [-0.4, -0.2) is 74.4 Å². The molecule has 188 valence electrons. The number of hydrogen-bond acceptors (Lipinski definition) is 7. The normalized spacial score (nSPS) is 56.5. The molecule has 5 N–H and O–H groups in total. The Labute approximate surface area is 195 Å². The van der Waals surface area contributed by atoms with E-state index in [4.69, 9.17) is 9.47 Å². The fourth-order valence-electron chi connectivity index (χ4n) is 8.67. The molecule has 5 unspecified atom stereocenters. The molecule has 0 bridgehead atoms. The lowest BCUT2D eigenvalue weighted by Crippen LogP contribution is -2.61. The molecular formula is C25H40O8. The van der Waals surface area contributed by atoms with Crippen molar-refractivity contribution in [2.24, 2.45) is 34.5 Å². The Morgan fingerprint density at radius 1 is 0.848 bits per heavy atom. The molecule has 8 nitrogen and oxygen atoms in total. The van der Waals surface area contributed by atoms with E-state index in [9.17, 15) is 30.3 Å². The molecule has 0 aromatic carbocycles. The first-order valence-electron chi connectivity index (χ1n) is 12.8. The third kappa shape index (κ3) is 3.67. The van der Waals surface area contributed by atoms with Crippen molar-refractivity contribution in [3.63, 3.8) is 0 Å². The maximum Gasteiger partial charge on any atom is 0.335 e. The number of carbonyl (C=O) groups is 1. The third-order valence-electron chi connectivity index (χ3n) is 10.7. The Balaban J connectivity index is 1.26. The van der Waals surface area contributed by atoms with E-state index >= 15 is 0 Å². The summed E-state index contributed by atoms with van der Waals surface area (Å²) in [7, 11) is 0. The molecule has 13 atom stereocenters. The maximum absolute atomic E-state index is 11.4. The molecule has 1 aliphatic heterocycles. The van der Waals surface area contributed by atoms with Crippen molar-refractivity contribution in [1.29, 1.82) is 0 Å². The lowest BCUT2D eigenvalue weighted by molar-refractivity contribution is -0.309. The van der Waals surface area contributed by atoms with E-state index in [0.29, 0.717) is 23.7 Å². The number of aliphatic hydroxyl groups excluding tert-OH is 4.